The van der Waals surface area contributed by atoms with Gasteiger partial charge in [-0.1, -0.05) is 18.2 Å². The molecule has 0 aliphatic carbocycles. The number of ether oxygens (including phenoxy) is 2. The van der Waals surface area contributed by atoms with E-state index in [1.54, 1.807) is 18.2 Å². The Kier molecular flexibility index (Phi) is 4.63. The zero-order valence-electron chi connectivity index (χ0n) is 14.4. The molecular weight excluding hydrogens is 378 g/mol. The Balaban J connectivity index is 1.58. The van der Waals surface area contributed by atoms with Crippen molar-refractivity contribution in [3.8, 4) is 0 Å². The molecule has 0 radical (unpaired) electrons. The molecule has 7 nitrogen and oxygen atoms in total. The molecule has 1 aromatic carbocycles. The molecule has 0 N–H and O–H groups in total. The fraction of sp³-hybridized carbons (Fsp3) is 0.647. The fourth-order valence-electron chi connectivity index (χ4n) is 4.20. The van der Waals surface area contributed by atoms with E-state index in [1.807, 2.05) is 4.90 Å². The number of hydrogen-bond acceptors (Lipinski definition) is 7. The van der Waals surface area contributed by atoms with Crippen LogP contribution in [0.1, 0.15) is 12.8 Å². The third-order valence-corrected chi connectivity index (χ3v) is 9.72. The second-order valence-electron chi connectivity index (χ2n) is 7.18. The highest BCUT2D eigenvalue weighted by Crippen LogP contribution is 2.35. The van der Waals surface area contributed by atoms with Gasteiger partial charge in [-0.3, -0.25) is 4.90 Å². The third-order valence-electron chi connectivity index (χ3n) is 5.58. The summed E-state index contributed by atoms with van der Waals surface area (Å²) < 4.78 is 62.2. The summed E-state index contributed by atoms with van der Waals surface area (Å²) >= 11 is 0. The van der Waals surface area contributed by atoms with Gasteiger partial charge in [0.2, 0.25) is 0 Å². The van der Waals surface area contributed by atoms with Crippen LogP contribution in [0.5, 0.6) is 0 Å². The van der Waals surface area contributed by atoms with Crippen molar-refractivity contribution in [3.05, 3.63) is 30.3 Å². The van der Waals surface area contributed by atoms with Crippen molar-refractivity contribution in [3.63, 3.8) is 0 Å². The topological polar surface area (TPSA) is 90.0 Å². The van der Waals surface area contributed by atoms with Crippen molar-refractivity contribution in [2.24, 2.45) is 0 Å². The Bertz CT molecular complexity index is 852. The lowest BCUT2D eigenvalue weighted by Gasteiger charge is -2.41. The first-order valence-electron chi connectivity index (χ1n) is 8.83. The van der Waals surface area contributed by atoms with Crippen LogP contribution in [0.2, 0.25) is 0 Å². The van der Waals surface area contributed by atoms with Gasteiger partial charge < -0.3 is 9.47 Å². The van der Waals surface area contributed by atoms with E-state index in [0.717, 1.165) is 0 Å². The summed E-state index contributed by atoms with van der Waals surface area (Å²) in [6.07, 6.45) is 1.25. The monoisotopic (exact) mass is 401 g/mol. The Morgan fingerprint density at radius 1 is 1.00 bits per heavy atom. The number of rotatable bonds is 3. The van der Waals surface area contributed by atoms with E-state index in [4.69, 9.17) is 9.47 Å². The Labute approximate surface area is 154 Å². The van der Waals surface area contributed by atoms with Crippen LogP contribution < -0.4 is 0 Å². The second kappa shape index (κ2) is 6.56. The predicted octanol–water partition coefficient (Wildman–Crippen LogP) is 0.465. The minimum absolute atomic E-state index is 0.113. The highest BCUT2D eigenvalue weighted by molar-refractivity contribution is 7.96. The van der Waals surface area contributed by atoms with Crippen LogP contribution in [0.25, 0.3) is 0 Å². The standard InChI is InChI=1S/C17H23NO6S2/c19-25(20)12-15(18-8-6-17(7-9-18)23-10-11-24-17)16(13-25)26(21,22)14-4-2-1-3-5-14/h1-5,15-16H,6-13H2. The molecule has 9 heteroatoms. The molecule has 3 aliphatic heterocycles. The van der Waals surface area contributed by atoms with Gasteiger partial charge in [0.15, 0.2) is 25.5 Å². The molecule has 0 amide bonds. The molecule has 26 heavy (non-hydrogen) atoms. The van der Waals surface area contributed by atoms with Crippen molar-refractivity contribution >= 4 is 19.7 Å². The first-order valence-corrected chi connectivity index (χ1v) is 12.2. The van der Waals surface area contributed by atoms with Crippen LogP contribution in [0.4, 0.5) is 0 Å². The zero-order chi connectivity index (χ0) is 18.4. The Morgan fingerprint density at radius 3 is 2.23 bits per heavy atom. The molecule has 3 saturated heterocycles. The number of hydrogen-bond donors (Lipinski definition) is 0. The summed E-state index contributed by atoms with van der Waals surface area (Å²) in [5.41, 5.74) is 0. The highest BCUT2D eigenvalue weighted by atomic mass is 32.2. The van der Waals surface area contributed by atoms with E-state index < -0.39 is 36.8 Å². The summed E-state index contributed by atoms with van der Waals surface area (Å²) in [5, 5.41) is -0.936. The van der Waals surface area contributed by atoms with E-state index >= 15 is 0 Å². The van der Waals surface area contributed by atoms with Crippen molar-refractivity contribution < 1.29 is 26.3 Å². The number of likely N-dealkylation sites (tertiary alicyclic amines) is 1. The molecular formula is C17H23NO6S2. The smallest absolute Gasteiger partial charge is 0.183 e. The quantitative estimate of drug-likeness (QED) is 0.727. The number of nitrogens with zero attached hydrogens (tertiary/aromatic N) is 1. The van der Waals surface area contributed by atoms with Gasteiger partial charge in [0.1, 0.15) is 0 Å². The maximum absolute atomic E-state index is 13.1. The summed E-state index contributed by atoms with van der Waals surface area (Å²) in [6, 6.07) is 7.60. The first kappa shape index (κ1) is 18.4. The van der Waals surface area contributed by atoms with Crippen molar-refractivity contribution in [2.75, 3.05) is 37.8 Å². The van der Waals surface area contributed by atoms with Crippen LogP contribution >= 0.6 is 0 Å². The van der Waals surface area contributed by atoms with Gasteiger partial charge in [-0.2, -0.15) is 0 Å². The lowest BCUT2D eigenvalue weighted by atomic mass is 10.0. The molecule has 0 saturated carbocycles. The van der Waals surface area contributed by atoms with E-state index in [0.29, 0.717) is 39.1 Å². The highest BCUT2D eigenvalue weighted by Gasteiger charge is 2.50. The van der Waals surface area contributed by atoms with Gasteiger partial charge in [0.05, 0.1) is 34.9 Å². The molecule has 1 aromatic rings. The van der Waals surface area contributed by atoms with E-state index in [1.165, 1.54) is 12.1 Å². The molecule has 3 aliphatic rings. The Morgan fingerprint density at radius 2 is 1.62 bits per heavy atom. The maximum Gasteiger partial charge on any atom is 0.183 e. The van der Waals surface area contributed by atoms with Crippen LogP contribution in [0.3, 0.4) is 0 Å². The van der Waals surface area contributed by atoms with Crippen molar-refractivity contribution in [2.45, 2.75) is 34.8 Å². The maximum atomic E-state index is 13.1. The van der Waals surface area contributed by atoms with Gasteiger partial charge in [0.25, 0.3) is 0 Å². The van der Waals surface area contributed by atoms with Crippen LogP contribution in [0, 0.1) is 0 Å². The van der Waals surface area contributed by atoms with Crippen LogP contribution in [-0.4, -0.2) is 76.6 Å². The molecule has 3 fully saturated rings. The first-order chi connectivity index (χ1) is 12.3. The minimum atomic E-state index is -3.72. The van der Waals surface area contributed by atoms with E-state index in [2.05, 4.69) is 0 Å². The van der Waals surface area contributed by atoms with Gasteiger partial charge in [-0.15, -0.1) is 0 Å². The van der Waals surface area contributed by atoms with E-state index in [9.17, 15) is 16.8 Å². The normalized spacial score (nSPS) is 31.4. The number of sulfone groups is 2. The Hall–Kier alpha value is -1.00. The summed E-state index contributed by atoms with van der Waals surface area (Å²) in [7, 11) is -7.12. The fourth-order valence-corrected chi connectivity index (χ4v) is 9.05. The van der Waals surface area contributed by atoms with Gasteiger partial charge in [0, 0.05) is 32.0 Å². The number of piperidine rings is 1. The molecule has 1 spiro atoms. The average Bonchev–Trinajstić information content (AvgIpc) is 3.21. The average molecular weight is 402 g/mol. The summed E-state index contributed by atoms with van der Waals surface area (Å²) in [6.45, 7) is 2.29. The molecule has 0 aromatic heterocycles. The lowest BCUT2D eigenvalue weighted by Crippen LogP contribution is -2.53. The van der Waals surface area contributed by atoms with Crippen molar-refractivity contribution in [1.29, 1.82) is 0 Å². The largest absolute Gasteiger partial charge is 0.347 e. The molecule has 0 bridgehead atoms. The van der Waals surface area contributed by atoms with Crippen LogP contribution in [0.15, 0.2) is 35.2 Å². The van der Waals surface area contributed by atoms with Gasteiger partial charge in [-0.05, 0) is 12.1 Å². The van der Waals surface area contributed by atoms with Gasteiger partial charge >= 0.3 is 0 Å². The van der Waals surface area contributed by atoms with Crippen LogP contribution in [-0.2, 0) is 29.1 Å². The predicted molar refractivity (Wildman–Crippen MR) is 95.3 cm³/mol. The summed E-state index contributed by atoms with van der Waals surface area (Å²) in [4.78, 5) is 2.18. The molecule has 2 unspecified atom stereocenters. The molecule has 144 valence electrons. The minimum Gasteiger partial charge on any atom is -0.347 e. The summed E-state index contributed by atoms with van der Waals surface area (Å²) in [5.74, 6) is -0.996. The molecule has 4 rings (SSSR count). The van der Waals surface area contributed by atoms with Gasteiger partial charge in [-0.25, -0.2) is 16.8 Å². The third kappa shape index (κ3) is 3.31. The second-order valence-corrected chi connectivity index (χ2v) is 11.5. The van der Waals surface area contributed by atoms with Crippen molar-refractivity contribution in [1.82, 2.24) is 4.90 Å². The lowest BCUT2D eigenvalue weighted by molar-refractivity contribution is -0.187. The van der Waals surface area contributed by atoms with E-state index in [-0.39, 0.29) is 16.4 Å². The number of benzene rings is 1. The molecule has 2 atom stereocenters. The molecule has 3 heterocycles. The SMILES string of the molecule is O=S1(=O)CC(N2CCC3(CC2)OCCO3)C(S(=O)(=O)c2ccccc2)C1. The zero-order valence-corrected chi connectivity index (χ0v) is 16.0.